The van der Waals surface area contributed by atoms with Crippen LogP contribution in [0.3, 0.4) is 0 Å². The summed E-state index contributed by atoms with van der Waals surface area (Å²) < 4.78 is 54.5. The van der Waals surface area contributed by atoms with Gasteiger partial charge in [0.2, 0.25) is 5.88 Å². The first-order chi connectivity index (χ1) is 9.79. The van der Waals surface area contributed by atoms with Gasteiger partial charge in [0.1, 0.15) is 5.56 Å². The first-order valence-corrected chi connectivity index (χ1v) is 5.61. The third-order valence-electron chi connectivity index (χ3n) is 2.44. The fourth-order valence-electron chi connectivity index (χ4n) is 1.49. The summed E-state index contributed by atoms with van der Waals surface area (Å²) in [6.07, 6.45) is -7.77. The summed E-state index contributed by atoms with van der Waals surface area (Å²) in [5.74, 6) is -1.90. The van der Waals surface area contributed by atoms with E-state index >= 15 is 0 Å². The molecule has 2 rings (SSSR count). The molecule has 0 aliphatic rings. The van der Waals surface area contributed by atoms with E-state index in [0.717, 1.165) is 10.9 Å². The van der Waals surface area contributed by atoms with Gasteiger partial charge in [-0.2, -0.15) is 17.6 Å². The van der Waals surface area contributed by atoms with E-state index in [4.69, 9.17) is 5.73 Å². The number of nitrogens with two attached hydrogens (primary N) is 1. The second-order valence-corrected chi connectivity index (χ2v) is 3.97. The largest absolute Gasteiger partial charge is 0.457 e. The van der Waals surface area contributed by atoms with Gasteiger partial charge in [-0.3, -0.25) is 4.79 Å². The Kier molecular flexibility index (Phi) is 3.83. The van der Waals surface area contributed by atoms with Gasteiger partial charge >= 0.3 is 12.5 Å². The van der Waals surface area contributed by atoms with E-state index in [0.29, 0.717) is 5.69 Å². The topological polar surface area (TPSA) is 70.1 Å². The normalized spacial score (nSPS) is 13.0. The summed E-state index contributed by atoms with van der Waals surface area (Å²) in [7, 11) is 0. The number of hydrogen-bond donors (Lipinski definition) is 1. The molecule has 9 heteroatoms. The summed E-state index contributed by atoms with van der Waals surface area (Å²) in [5, 5.41) is 3.61. The molecule has 21 heavy (non-hydrogen) atoms. The lowest BCUT2D eigenvalue weighted by molar-refractivity contribution is -0.237. The fourth-order valence-corrected chi connectivity index (χ4v) is 1.49. The zero-order valence-electron chi connectivity index (χ0n) is 10.3. The van der Waals surface area contributed by atoms with Gasteiger partial charge in [0.15, 0.2) is 0 Å². The number of hydrogen-bond acceptors (Lipinski definition) is 3. The van der Waals surface area contributed by atoms with Crippen molar-refractivity contribution in [2.45, 2.75) is 12.5 Å². The van der Waals surface area contributed by atoms with Crippen LogP contribution in [-0.2, 0) is 0 Å². The van der Waals surface area contributed by atoms with Gasteiger partial charge in [0.05, 0.1) is 5.69 Å². The van der Waals surface area contributed by atoms with Crippen LogP contribution in [0.4, 0.5) is 17.6 Å². The summed E-state index contributed by atoms with van der Waals surface area (Å²) >= 11 is 0. The average Bonchev–Trinajstić information content (AvgIpc) is 2.83. The van der Waals surface area contributed by atoms with Crippen molar-refractivity contribution >= 4 is 5.91 Å². The molecule has 0 saturated carbocycles. The number of carbonyl (C=O) groups excluding carboxylic acids is 1. The van der Waals surface area contributed by atoms with E-state index in [9.17, 15) is 22.4 Å². The van der Waals surface area contributed by atoms with Crippen molar-refractivity contribution in [2.75, 3.05) is 0 Å². The Labute approximate surface area is 115 Å². The van der Waals surface area contributed by atoms with Crippen molar-refractivity contribution < 1.29 is 27.1 Å². The molecule has 1 aromatic carbocycles. The van der Waals surface area contributed by atoms with Crippen LogP contribution in [0.5, 0.6) is 5.88 Å². The molecule has 1 atom stereocenters. The maximum atomic E-state index is 12.9. The number of amides is 1. The fraction of sp³-hybridized carbons (Fsp3) is 0.167. The minimum atomic E-state index is -5.23. The van der Waals surface area contributed by atoms with Gasteiger partial charge in [-0.1, -0.05) is 18.2 Å². The summed E-state index contributed by atoms with van der Waals surface area (Å²) in [6, 6.07) is 8.17. The average molecular weight is 303 g/mol. The SMILES string of the molecule is NC(=O)c1cn(-c2ccccc2)nc1OC(F)C(F)(F)F. The van der Waals surface area contributed by atoms with Crippen LogP contribution < -0.4 is 10.5 Å². The number of carbonyl (C=O) groups is 1. The standard InChI is InChI=1S/C12H9F4N3O2/c13-11(12(14,15)16)21-10-8(9(17)20)6-19(18-10)7-4-2-1-3-5-7/h1-6,11H,(H2,17,20). The highest BCUT2D eigenvalue weighted by Crippen LogP contribution is 2.27. The number of rotatable bonds is 4. The van der Waals surface area contributed by atoms with Crippen molar-refractivity contribution in [3.05, 3.63) is 42.1 Å². The zero-order valence-corrected chi connectivity index (χ0v) is 10.3. The van der Waals surface area contributed by atoms with E-state index in [1.165, 1.54) is 0 Å². The molecule has 0 aliphatic heterocycles. The van der Waals surface area contributed by atoms with Crippen LogP contribution in [-0.4, -0.2) is 28.2 Å². The Morgan fingerprint density at radius 3 is 2.43 bits per heavy atom. The molecule has 1 amide bonds. The van der Waals surface area contributed by atoms with E-state index in [2.05, 4.69) is 9.84 Å². The second-order valence-electron chi connectivity index (χ2n) is 3.97. The van der Waals surface area contributed by atoms with Crippen LogP contribution in [0, 0.1) is 0 Å². The molecule has 5 nitrogen and oxygen atoms in total. The van der Waals surface area contributed by atoms with Crippen LogP contribution in [0.25, 0.3) is 5.69 Å². The van der Waals surface area contributed by atoms with Crippen molar-refractivity contribution in [1.29, 1.82) is 0 Å². The monoisotopic (exact) mass is 303 g/mol. The van der Waals surface area contributed by atoms with Gasteiger partial charge in [-0.25, -0.2) is 4.68 Å². The first kappa shape index (κ1) is 14.8. The Balaban J connectivity index is 2.37. The predicted molar refractivity (Wildman–Crippen MR) is 63.7 cm³/mol. The highest BCUT2D eigenvalue weighted by Gasteiger charge is 2.43. The molecule has 0 spiro atoms. The minimum Gasteiger partial charge on any atom is -0.432 e. The molecular weight excluding hydrogens is 294 g/mol. The van der Waals surface area contributed by atoms with Crippen LogP contribution >= 0.6 is 0 Å². The Bertz CT molecular complexity index is 640. The lowest BCUT2D eigenvalue weighted by Crippen LogP contribution is -2.30. The molecule has 1 unspecified atom stereocenters. The van der Waals surface area contributed by atoms with Crippen LogP contribution in [0.1, 0.15) is 10.4 Å². The highest BCUT2D eigenvalue weighted by atomic mass is 19.4. The molecule has 2 N–H and O–H groups in total. The number of aromatic nitrogens is 2. The van der Waals surface area contributed by atoms with Crippen molar-refractivity contribution in [1.82, 2.24) is 9.78 Å². The van der Waals surface area contributed by atoms with E-state index < -0.39 is 29.9 Å². The third-order valence-corrected chi connectivity index (χ3v) is 2.44. The zero-order chi connectivity index (χ0) is 15.6. The quantitative estimate of drug-likeness (QED) is 0.880. The van der Waals surface area contributed by atoms with E-state index in [-0.39, 0.29) is 0 Å². The van der Waals surface area contributed by atoms with Gasteiger partial charge in [-0.15, -0.1) is 5.10 Å². The Morgan fingerprint density at radius 1 is 1.29 bits per heavy atom. The number of para-hydroxylation sites is 1. The number of ether oxygens (including phenoxy) is 1. The molecule has 1 heterocycles. The van der Waals surface area contributed by atoms with Crippen molar-refractivity contribution in [3.63, 3.8) is 0 Å². The molecule has 0 radical (unpaired) electrons. The maximum Gasteiger partial charge on any atom is 0.457 e. The van der Waals surface area contributed by atoms with E-state index in [1.54, 1.807) is 30.3 Å². The molecule has 0 saturated heterocycles. The van der Waals surface area contributed by atoms with Gasteiger partial charge in [0.25, 0.3) is 5.91 Å². The number of nitrogens with zero attached hydrogens (tertiary/aromatic N) is 2. The van der Waals surface area contributed by atoms with E-state index in [1.807, 2.05) is 0 Å². The van der Waals surface area contributed by atoms with Crippen LogP contribution in [0.15, 0.2) is 36.5 Å². The predicted octanol–water partition coefficient (Wildman–Crippen LogP) is 2.21. The Hall–Kier alpha value is -2.58. The third kappa shape index (κ3) is 3.30. The van der Waals surface area contributed by atoms with Crippen molar-refractivity contribution in [2.24, 2.45) is 5.73 Å². The lowest BCUT2D eigenvalue weighted by Gasteiger charge is -2.12. The molecule has 1 aromatic heterocycles. The minimum absolute atomic E-state index is 0.442. The Morgan fingerprint density at radius 2 is 1.90 bits per heavy atom. The summed E-state index contributed by atoms with van der Waals surface area (Å²) in [5.41, 5.74) is 5.00. The first-order valence-electron chi connectivity index (χ1n) is 5.61. The van der Waals surface area contributed by atoms with Crippen LogP contribution in [0.2, 0.25) is 0 Å². The molecule has 0 aliphatic carbocycles. The van der Waals surface area contributed by atoms with Gasteiger partial charge in [0, 0.05) is 6.20 Å². The number of halogens is 4. The highest BCUT2D eigenvalue weighted by molar-refractivity contribution is 5.95. The van der Waals surface area contributed by atoms with Gasteiger partial charge in [-0.05, 0) is 12.1 Å². The van der Waals surface area contributed by atoms with Gasteiger partial charge < -0.3 is 10.5 Å². The number of primary amides is 1. The maximum absolute atomic E-state index is 12.9. The lowest BCUT2D eigenvalue weighted by atomic mass is 10.3. The molecule has 0 fully saturated rings. The second kappa shape index (κ2) is 5.43. The molecule has 0 bridgehead atoms. The van der Waals surface area contributed by atoms with Crippen molar-refractivity contribution in [3.8, 4) is 11.6 Å². The smallest absolute Gasteiger partial charge is 0.432 e. The molecule has 2 aromatic rings. The number of alkyl halides is 4. The number of benzene rings is 1. The molecular formula is C12H9F4N3O2. The summed E-state index contributed by atoms with van der Waals surface area (Å²) in [6.45, 7) is 0. The molecule has 112 valence electrons. The summed E-state index contributed by atoms with van der Waals surface area (Å²) in [4.78, 5) is 11.2.